The Kier molecular flexibility index (Phi) is 13.6. The SMILES string of the molecule is [Br-].[Gd+3].[O-][Si]([O-])(O)O. The molecule has 7 heteroatoms. The fourth-order valence-electron chi connectivity index (χ4n) is 0. The van der Waals surface area contributed by atoms with E-state index in [1.807, 2.05) is 0 Å². The molecule has 0 saturated heterocycles. The fraction of sp³-hybridized carbons (Fsp3) is 0. The van der Waals surface area contributed by atoms with Gasteiger partial charge in [0.05, 0.1) is 0 Å². The predicted octanol–water partition coefficient (Wildman–Crippen LogP) is -6.87. The molecule has 0 spiro atoms. The van der Waals surface area contributed by atoms with Crippen molar-refractivity contribution in [2.75, 3.05) is 0 Å². The smallest absolute Gasteiger partial charge is 1.00 e. The van der Waals surface area contributed by atoms with Crippen molar-refractivity contribution in [1.82, 2.24) is 0 Å². The van der Waals surface area contributed by atoms with Crippen LogP contribution >= 0.6 is 0 Å². The van der Waals surface area contributed by atoms with Crippen LogP contribution in [0.25, 0.3) is 0 Å². The standard InChI is InChI=1S/BrH.Gd.H2O4Si/c;;1-5(2,3)4/h1H;;1-2H/q;+3;-2/p-1. The van der Waals surface area contributed by atoms with E-state index >= 15 is 0 Å². The molecule has 0 saturated carbocycles. The first-order valence-electron chi connectivity index (χ1n) is 0.855. The van der Waals surface area contributed by atoms with E-state index in [1.165, 1.54) is 0 Å². The molecule has 2 N–H and O–H groups in total. The van der Waals surface area contributed by atoms with Gasteiger partial charge in [0.2, 0.25) is 0 Å². The van der Waals surface area contributed by atoms with Crippen molar-refractivity contribution < 1.29 is 76.1 Å². The third kappa shape index (κ3) is 77.9. The minimum Gasteiger partial charge on any atom is -1.00 e. The summed E-state index contributed by atoms with van der Waals surface area (Å²) >= 11 is 0. The summed E-state index contributed by atoms with van der Waals surface area (Å²) in [7, 11) is -5.11. The first-order chi connectivity index (χ1) is 2.00. The summed E-state index contributed by atoms with van der Waals surface area (Å²) in [5.41, 5.74) is 0. The van der Waals surface area contributed by atoms with Crippen molar-refractivity contribution in [3.63, 3.8) is 0 Å². The molecule has 0 aromatic heterocycles. The van der Waals surface area contributed by atoms with E-state index in [1.54, 1.807) is 0 Å². The first-order valence-corrected chi connectivity index (χ1v) is 2.57. The topological polar surface area (TPSA) is 86.6 Å². The van der Waals surface area contributed by atoms with E-state index in [9.17, 15) is 0 Å². The summed E-state index contributed by atoms with van der Waals surface area (Å²) in [6.45, 7) is 0. The Morgan fingerprint density at radius 1 is 1.14 bits per heavy atom. The van der Waals surface area contributed by atoms with E-state index in [0.29, 0.717) is 0 Å². The van der Waals surface area contributed by atoms with Crippen LogP contribution in [0.1, 0.15) is 0 Å². The van der Waals surface area contributed by atoms with E-state index in [0.717, 1.165) is 0 Å². The average molecular weight is 331 g/mol. The van der Waals surface area contributed by atoms with Gasteiger partial charge >= 0.3 is 39.9 Å². The van der Waals surface area contributed by atoms with E-state index in [4.69, 9.17) is 19.2 Å². The monoisotopic (exact) mass is 331 g/mol. The molecule has 0 aliphatic heterocycles. The quantitative estimate of drug-likeness (QED) is 0.432. The molecule has 0 heterocycles. The molecule has 0 amide bonds. The molecule has 0 fully saturated rings. The van der Waals surface area contributed by atoms with E-state index in [-0.39, 0.29) is 56.9 Å². The average Bonchev–Trinajstić information content (AvgIpc) is 0.722. The summed E-state index contributed by atoms with van der Waals surface area (Å²) < 4.78 is 0. The normalized spacial score (nSPS) is 8.57. The maximum absolute atomic E-state index is 8.80. The van der Waals surface area contributed by atoms with E-state index < -0.39 is 9.05 Å². The van der Waals surface area contributed by atoms with Crippen LogP contribution in [0.5, 0.6) is 0 Å². The third-order valence-electron chi connectivity index (χ3n) is 0. The van der Waals surface area contributed by atoms with Gasteiger partial charge in [0, 0.05) is 0 Å². The Labute approximate surface area is 84.1 Å². The second kappa shape index (κ2) is 5.99. The van der Waals surface area contributed by atoms with Gasteiger partial charge in [-0.25, -0.2) is 0 Å². The predicted molar refractivity (Wildman–Crippen MR) is 10.2 cm³/mol. The molecule has 0 aromatic rings. The van der Waals surface area contributed by atoms with Crippen LogP contribution < -0.4 is 26.6 Å². The second-order valence-electron chi connectivity index (χ2n) is 0.548. The van der Waals surface area contributed by atoms with Crippen molar-refractivity contribution >= 4 is 9.05 Å². The largest absolute Gasteiger partial charge is 3.00 e. The zero-order valence-corrected chi connectivity index (χ0v) is 7.80. The Morgan fingerprint density at radius 2 is 1.14 bits per heavy atom. The van der Waals surface area contributed by atoms with Crippen molar-refractivity contribution in [2.45, 2.75) is 0 Å². The summed E-state index contributed by atoms with van der Waals surface area (Å²) in [4.78, 5) is 31.8. The van der Waals surface area contributed by atoms with Gasteiger partial charge in [-0.15, -0.1) is 0 Å². The Morgan fingerprint density at radius 3 is 1.14 bits per heavy atom. The molecular formula is H2BrGdO4Si. The van der Waals surface area contributed by atoms with Crippen molar-refractivity contribution in [3.8, 4) is 0 Å². The Bertz CT molecular complexity index is 27.2. The summed E-state index contributed by atoms with van der Waals surface area (Å²) in [5, 5.41) is 0. The summed E-state index contributed by atoms with van der Waals surface area (Å²) in [6.07, 6.45) is 0. The third-order valence-corrected chi connectivity index (χ3v) is 0. The van der Waals surface area contributed by atoms with Crippen LogP contribution in [0.3, 0.4) is 0 Å². The van der Waals surface area contributed by atoms with Crippen LogP contribution in [0.15, 0.2) is 0 Å². The van der Waals surface area contributed by atoms with Crippen molar-refractivity contribution in [1.29, 1.82) is 0 Å². The number of hydrogen-bond donors (Lipinski definition) is 2. The van der Waals surface area contributed by atoms with Crippen LogP contribution in [-0.4, -0.2) is 18.6 Å². The number of hydrogen-bond acceptors (Lipinski definition) is 4. The molecule has 4 nitrogen and oxygen atoms in total. The molecule has 0 aromatic carbocycles. The molecule has 0 aliphatic rings. The van der Waals surface area contributed by atoms with Gasteiger partial charge in [-0.3, -0.25) is 0 Å². The van der Waals surface area contributed by atoms with Gasteiger partial charge in [0.1, 0.15) is 9.05 Å². The molecule has 7 heavy (non-hydrogen) atoms. The van der Waals surface area contributed by atoms with Crippen molar-refractivity contribution in [3.05, 3.63) is 0 Å². The van der Waals surface area contributed by atoms with Gasteiger partial charge in [0.15, 0.2) is 0 Å². The zero-order chi connectivity index (χ0) is 4.50. The van der Waals surface area contributed by atoms with Gasteiger partial charge in [0.25, 0.3) is 0 Å². The molecule has 1 radical (unpaired) electrons. The molecule has 0 unspecified atom stereocenters. The minimum absolute atomic E-state index is 0. The zero-order valence-electron chi connectivity index (χ0n) is 2.94. The maximum Gasteiger partial charge on any atom is 3.00 e. The van der Waals surface area contributed by atoms with Crippen molar-refractivity contribution in [2.24, 2.45) is 0 Å². The van der Waals surface area contributed by atoms with Crippen LogP contribution in [0.4, 0.5) is 0 Å². The molecule has 0 aliphatic carbocycles. The Balaban J connectivity index is -0.0000000800. The summed E-state index contributed by atoms with van der Waals surface area (Å²) in [6, 6.07) is 0. The van der Waals surface area contributed by atoms with Gasteiger partial charge in [-0.05, 0) is 0 Å². The summed E-state index contributed by atoms with van der Waals surface area (Å²) in [5.74, 6) is 0. The fourth-order valence-corrected chi connectivity index (χ4v) is 0. The molecule has 45 valence electrons. The molecule has 0 bridgehead atoms. The van der Waals surface area contributed by atoms with E-state index in [2.05, 4.69) is 0 Å². The second-order valence-corrected chi connectivity index (χ2v) is 1.65. The maximum atomic E-state index is 8.80. The molecule has 0 atom stereocenters. The first kappa shape index (κ1) is 15.9. The van der Waals surface area contributed by atoms with Gasteiger partial charge < -0.3 is 36.2 Å². The molecule has 0 rings (SSSR count). The number of rotatable bonds is 0. The molecular weight excluding hydrogens is 329 g/mol. The van der Waals surface area contributed by atoms with Gasteiger partial charge in [-0.2, -0.15) is 0 Å². The Hall–Kier alpha value is 1.86. The minimum atomic E-state index is -5.11. The van der Waals surface area contributed by atoms with Gasteiger partial charge in [-0.1, -0.05) is 0 Å². The van der Waals surface area contributed by atoms with Crippen LogP contribution in [0.2, 0.25) is 0 Å². The van der Waals surface area contributed by atoms with Crippen LogP contribution in [0, 0.1) is 39.9 Å². The van der Waals surface area contributed by atoms with Crippen LogP contribution in [-0.2, 0) is 0 Å². The number of halogens is 1.